The molecule has 0 radical (unpaired) electrons. The molecule has 0 bridgehead atoms. The van der Waals surface area contributed by atoms with E-state index in [2.05, 4.69) is 17.9 Å². The molecule has 0 aromatic rings. The Labute approximate surface area is 59.5 Å². The maximum atomic E-state index is 5.20. The quantitative estimate of drug-likeness (QED) is 0.299. The maximum Gasteiger partial charge on any atom is 0.324 e. The number of rotatable bonds is 4. The van der Waals surface area contributed by atoms with Crippen LogP contribution in [0.4, 0.5) is 0 Å². The van der Waals surface area contributed by atoms with E-state index in [4.69, 9.17) is 4.74 Å². The van der Waals surface area contributed by atoms with Crippen molar-refractivity contribution in [3.63, 3.8) is 0 Å². The minimum absolute atomic E-state index is 0.806. The third-order valence-electron chi connectivity index (χ3n) is 0.698. The lowest BCUT2D eigenvalue weighted by Gasteiger charge is -2.09. The molecular weight excluding hydrogens is 117 g/mol. The Balaban J connectivity index is 2.72. The van der Waals surface area contributed by atoms with Gasteiger partial charge in [0.25, 0.3) is 0 Å². The molecule has 0 aromatic carbocycles. The van der Waals surface area contributed by atoms with Crippen LogP contribution in [0.15, 0.2) is 0 Å². The third-order valence-corrected chi connectivity index (χ3v) is 0.956. The molecule has 0 fully saturated rings. The Morgan fingerprint density at radius 3 is 2.62 bits per heavy atom. The summed E-state index contributed by atoms with van der Waals surface area (Å²) in [7, 11) is 2.06. The van der Waals surface area contributed by atoms with Crippen LogP contribution in [0.3, 0.4) is 0 Å². The summed E-state index contributed by atoms with van der Waals surface area (Å²) in [6.07, 6.45) is 1.12. The molecule has 0 atom stereocenters. The second kappa shape index (κ2) is 5.59. The Kier molecular flexibility index (Phi) is 5.90. The minimum atomic E-state index is 0.806. The van der Waals surface area contributed by atoms with Gasteiger partial charge in [0.1, 0.15) is 0 Å². The predicted octanol–water partition coefficient (Wildman–Crippen LogP) is -0.150. The Bertz CT molecular complexity index is 49.7. The molecule has 0 rings (SSSR count). The first-order valence-corrected chi connectivity index (χ1v) is 3.89. The Morgan fingerprint density at radius 1 is 1.62 bits per heavy atom. The summed E-state index contributed by atoms with van der Waals surface area (Å²) in [6.45, 7) is 3.82. The standard InChI is InChI=1S/C5H12NO.Al.2H/c1-3-4-7-5-6-2;;;/h3-5H2,1-2H3;;;/q-1;+1;;. The molecule has 0 saturated carbocycles. The Hall–Kier alpha value is 0.452. The van der Waals surface area contributed by atoms with E-state index in [1.807, 2.05) is 0 Å². The van der Waals surface area contributed by atoms with Gasteiger partial charge in [-0.25, -0.2) is 0 Å². The van der Waals surface area contributed by atoms with Crippen molar-refractivity contribution in [2.75, 3.05) is 20.4 Å². The van der Waals surface area contributed by atoms with Crippen molar-refractivity contribution in [3.05, 3.63) is 0 Å². The number of hydrogen-bond donors (Lipinski definition) is 0. The molecule has 8 heavy (non-hydrogen) atoms. The monoisotopic (exact) mass is 131 g/mol. The van der Waals surface area contributed by atoms with Crippen LogP contribution in [0.2, 0.25) is 0 Å². The molecule has 0 N–H and O–H groups in total. The molecule has 0 heterocycles. The molecule has 0 amide bonds. The van der Waals surface area contributed by atoms with Gasteiger partial charge in [0.05, 0.1) is 6.73 Å². The van der Waals surface area contributed by atoms with Crippen molar-refractivity contribution in [1.82, 2.24) is 3.88 Å². The average molecular weight is 131 g/mol. The molecule has 0 spiro atoms. The molecule has 0 aromatic heterocycles. The molecular formula is C5H14AlNO. The van der Waals surface area contributed by atoms with Gasteiger partial charge in [-0.2, -0.15) is 0 Å². The van der Waals surface area contributed by atoms with Crippen molar-refractivity contribution in [2.24, 2.45) is 0 Å². The highest BCUT2D eigenvalue weighted by molar-refractivity contribution is 6.03. The van der Waals surface area contributed by atoms with Gasteiger partial charge in [0, 0.05) is 6.61 Å². The maximum absolute atomic E-state index is 5.20. The van der Waals surface area contributed by atoms with Crippen molar-refractivity contribution in [3.8, 4) is 0 Å². The fourth-order valence-corrected chi connectivity index (χ4v) is 0.574. The van der Waals surface area contributed by atoms with E-state index in [-0.39, 0.29) is 0 Å². The molecule has 0 unspecified atom stereocenters. The zero-order valence-corrected chi connectivity index (χ0v) is 7.98. The van der Waals surface area contributed by atoms with Crippen molar-refractivity contribution in [2.45, 2.75) is 13.3 Å². The van der Waals surface area contributed by atoms with Crippen LogP contribution in [0.25, 0.3) is 0 Å². The molecule has 0 aliphatic heterocycles. The summed E-state index contributed by atoms with van der Waals surface area (Å²) in [6, 6.07) is 0. The zero-order valence-electron chi connectivity index (χ0n) is 5.98. The van der Waals surface area contributed by atoms with E-state index < -0.39 is 0 Å². The van der Waals surface area contributed by atoms with E-state index in [9.17, 15) is 0 Å². The highest BCUT2D eigenvalue weighted by Crippen LogP contribution is 1.80. The summed E-state index contributed by atoms with van der Waals surface area (Å²) in [5.74, 6) is 0. The molecule has 48 valence electrons. The SMILES string of the molecule is CCCOC[N](C)[AlH2]. The Morgan fingerprint density at radius 2 is 2.25 bits per heavy atom. The lowest BCUT2D eigenvalue weighted by molar-refractivity contribution is 0.0827. The van der Waals surface area contributed by atoms with E-state index in [0.717, 1.165) is 36.3 Å². The molecule has 0 saturated heterocycles. The third kappa shape index (κ3) is 6.45. The molecule has 3 heteroatoms. The zero-order chi connectivity index (χ0) is 6.41. The summed E-state index contributed by atoms with van der Waals surface area (Å²) in [4.78, 5) is 0. The van der Waals surface area contributed by atoms with Crippen LogP contribution < -0.4 is 0 Å². The minimum Gasteiger partial charge on any atom is -0.372 e. The normalized spacial score (nSPS) is 10.4. The van der Waals surface area contributed by atoms with E-state index >= 15 is 0 Å². The second-order valence-corrected chi connectivity index (χ2v) is 3.64. The topological polar surface area (TPSA) is 12.5 Å². The van der Waals surface area contributed by atoms with Gasteiger partial charge in [-0.15, -0.1) is 0 Å². The molecule has 2 nitrogen and oxygen atoms in total. The summed E-state index contributed by atoms with van der Waals surface area (Å²) < 4.78 is 7.35. The molecule has 0 aliphatic rings. The number of nitrogens with zero attached hydrogens (tertiary/aromatic N) is 1. The largest absolute Gasteiger partial charge is 0.372 e. The van der Waals surface area contributed by atoms with Gasteiger partial charge in [0.15, 0.2) is 0 Å². The second-order valence-electron chi connectivity index (χ2n) is 2.12. The van der Waals surface area contributed by atoms with E-state index in [1.54, 1.807) is 0 Å². The smallest absolute Gasteiger partial charge is 0.324 e. The first-order chi connectivity index (χ1) is 3.77. The first-order valence-electron chi connectivity index (χ1n) is 3.00. The molecule has 0 aliphatic carbocycles. The van der Waals surface area contributed by atoms with E-state index in [0.29, 0.717) is 0 Å². The van der Waals surface area contributed by atoms with Crippen LogP contribution in [-0.2, 0) is 4.74 Å². The van der Waals surface area contributed by atoms with Gasteiger partial charge in [-0.1, -0.05) is 6.92 Å². The van der Waals surface area contributed by atoms with Crippen LogP contribution >= 0.6 is 0 Å². The highest BCUT2D eigenvalue weighted by atomic mass is 27.1. The highest BCUT2D eigenvalue weighted by Gasteiger charge is 1.85. The van der Waals surface area contributed by atoms with Crippen LogP contribution in [0.5, 0.6) is 0 Å². The fourth-order valence-electron chi connectivity index (χ4n) is 0.391. The first kappa shape index (κ1) is 8.45. The lowest BCUT2D eigenvalue weighted by Crippen LogP contribution is -2.17. The van der Waals surface area contributed by atoms with Crippen LogP contribution in [0, 0.1) is 0 Å². The van der Waals surface area contributed by atoms with Crippen molar-refractivity contribution < 1.29 is 4.74 Å². The van der Waals surface area contributed by atoms with Gasteiger partial charge in [-0.05, 0) is 13.5 Å². The lowest BCUT2D eigenvalue weighted by atomic mass is 10.5. The number of hydrogen-bond acceptors (Lipinski definition) is 2. The van der Waals surface area contributed by atoms with Crippen LogP contribution in [-0.4, -0.2) is 40.8 Å². The summed E-state index contributed by atoms with van der Waals surface area (Å²) >= 11 is 1.09. The van der Waals surface area contributed by atoms with Gasteiger partial charge in [-0.3, -0.25) is 0 Å². The fraction of sp³-hybridized carbons (Fsp3) is 1.00. The van der Waals surface area contributed by atoms with Gasteiger partial charge >= 0.3 is 16.5 Å². The number of ether oxygens (including phenoxy) is 1. The van der Waals surface area contributed by atoms with Gasteiger partial charge < -0.3 is 8.62 Å². The van der Waals surface area contributed by atoms with Crippen molar-refractivity contribution in [1.29, 1.82) is 0 Å². The van der Waals surface area contributed by atoms with Crippen molar-refractivity contribution >= 4 is 16.5 Å². The van der Waals surface area contributed by atoms with E-state index in [1.165, 1.54) is 0 Å². The average Bonchev–Trinajstić information content (AvgIpc) is 1.66. The summed E-state index contributed by atoms with van der Waals surface area (Å²) in [5, 5.41) is 0. The van der Waals surface area contributed by atoms with Crippen LogP contribution in [0.1, 0.15) is 13.3 Å². The predicted molar refractivity (Wildman–Crippen MR) is 37.4 cm³/mol. The van der Waals surface area contributed by atoms with Gasteiger partial charge in [0.2, 0.25) is 0 Å². The summed E-state index contributed by atoms with van der Waals surface area (Å²) in [5.41, 5.74) is 0.